The summed E-state index contributed by atoms with van der Waals surface area (Å²) in [6.07, 6.45) is -0.647. The van der Waals surface area contributed by atoms with Crippen LogP contribution in [0.3, 0.4) is 0 Å². The number of amides is 1. The highest BCUT2D eigenvalue weighted by molar-refractivity contribution is 6.04. The van der Waals surface area contributed by atoms with Crippen LogP contribution in [0.4, 0.5) is 24.5 Å². The van der Waals surface area contributed by atoms with Gasteiger partial charge in [-0.2, -0.15) is 13.2 Å². The van der Waals surface area contributed by atoms with Crippen LogP contribution in [0.5, 0.6) is 11.6 Å². The first kappa shape index (κ1) is 30.9. The van der Waals surface area contributed by atoms with E-state index >= 15 is 0 Å². The second-order valence-corrected chi connectivity index (χ2v) is 10.2. The molecule has 2 aromatic heterocycles. The van der Waals surface area contributed by atoms with Crippen LogP contribution in [0, 0.1) is 6.92 Å². The average molecular weight is 607 g/mol. The third-order valence-corrected chi connectivity index (χ3v) is 7.14. The highest BCUT2D eigenvalue weighted by Gasteiger charge is 2.34. The average Bonchev–Trinajstić information content (AvgIpc) is 3.02. The van der Waals surface area contributed by atoms with Crippen LogP contribution in [0.25, 0.3) is 11.3 Å². The third-order valence-electron chi connectivity index (χ3n) is 7.14. The van der Waals surface area contributed by atoms with Gasteiger partial charge in [0, 0.05) is 61.9 Å². The van der Waals surface area contributed by atoms with Crippen LogP contribution in [-0.2, 0) is 17.3 Å². The molecule has 4 aromatic rings. The van der Waals surface area contributed by atoms with E-state index < -0.39 is 17.6 Å². The number of carbonyl (C=O) groups excluding carboxylic acids is 1. The third kappa shape index (κ3) is 7.69. The summed E-state index contributed by atoms with van der Waals surface area (Å²) in [4.78, 5) is 28.3. The van der Waals surface area contributed by atoms with Gasteiger partial charge in [-0.15, -0.1) is 0 Å². The number of halogens is 3. The molecule has 230 valence electrons. The minimum absolute atomic E-state index is 0.0681. The van der Waals surface area contributed by atoms with Gasteiger partial charge in [0.15, 0.2) is 0 Å². The Hall–Kier alpha value is -4.55. The molecule has 9 nitrogen and oxygen atoms in total. The molecule has 0 aliphatic carbocycles. The number of rotatable bonds is 10. The second kappa shape index (κ2) is 13.8. The largest absolute Gasteiger partial charge is 0.438 e. The first-order valence-electron chi connectivity index (χ1n) is 14.3. The van der Waals surface area contributed by atoms with Crippen molar-refractivity contribution < 1.29 is 27.4 Å². The van der Waals surface area contributed by atoms with Gasteiger partial charge in [0.2, 0.25) is 5.88 Å². The summed E-state index contributed by atoms with van der Waals surface area (Å²) >= 11 is 0. The Balaban J connectivity index is 1.27. The fourth-order valence-electron chi connectivity index (χ4n) is 4.78. The monoisotopic (exact) mass is 606 g/mol. The van der Waals surface area contributed by atoms with E-state index in [4.69, 9.17) is 9.47 Å². The molecule has 1 aliphatic heterocycles. The molecule has 1 fully saturated rings. The summed E-state index contributed by atoms with van der Waals surface area (Å²) in [6.45, 7) is 7.40. The zero-order valence-electron chi connectivity index (χ0n) is 24.4. The maximum Gasteiger partial charge on any atom is 0.418 e. The minimum atomic E-state index is -4.64. The summed E-state index contributed by atoms with van der Waals surface area (Å²) in [5.74, 6) is 0.891. The van der Waals surface area contributed by atoms with Crippen molar-refractivity contribution in [3.63, 3.8) is 0 Å². The number of nitrogens with one attached hydrogen (secondary N) is 2. The number of aromatic nitrogens is 3. The lowest BCUT2D eigenvalue weighted by atomic mass is 10.1. The van der Waals surface area contributed by atoms with Crippen LogP contribution >= 0.6 is 0 Å². The fraction of sp³-hybridized carbons (Fsp3) is 0.312. The quantitative estimate of drug-likeness (QED) is 0.220. The summed E-state index contributed by atoms with van der Waals surface area (Å²) in [7, 11) is 0. The Bertz CT molecular complexity index is 1610. The lowest BCUT2D eigenvalue weighted by Gasteiger charge is -2.27. The van der Waals surface area contributed by atoms with E-state index in [-0.39, 0.29) is 11.3 Å². The van der Waals surface area contributed by atoms with Crippen LogP contribution in [0.1, 0.15) is 34.2 Å². The number of nitrogens with zero attached hydrogens (tertiary/aromatic N) is 4. The number of aryl methyl sites for hydroxylation is 2. The molecule has 1 aliphatic rings. The van der Waals surface area contributed by atoms with Crippen molar-refractivity contribution in [3.05, 3.63) is 89.5 Å². The van der Waals surface area contributed by atoms with Crippen molar-refractivity contribution in [1.82, 2.24) is 19.9 Å². The maximum atomic E-state index is 13.9. The first-order chi connectivity index (χ1) is 21.2. The molecule has 0 saturated carbocycles. The normalized spacial score (nSPS) is 13.8. The Morgan fingerprint density at radius 1 is 1.05 bits per heavy atom. The van der Waals surface area contributed by atoms with Crippen molar-refractivity contribution in [1.29, 1.82) is 0 Å². The zero-order chi connectivity index (χ0) is 31.1. The molecule has 5 rings (SSSR count). The Morgan fingerprint density at radius 3 is 2.61 bits per heavy atom. The molecule has 0 unspecified atom stereocenters. The van der Waals surface area contributed by atoms with Crippen molar-refractivity contribution in [3.8, 4) is 22.9 Å². The van der Waals surface area contributed by atoms with Gasteiger partial charge < -0.3 is 20.1 Å². The summed E-state index contributed by atoms with van der Waals surface area (Å²) in [5, 5.41) is 5.57. The molecule has 0 radical (unpaired) electrons. The predicted molar refractivity (Wildman–Crippen MR) is 161 cm³/mol. The molecule has 0 atom stereocenters. The molecular weight excluding hydrogens is 573 g/mol. The van der Waals surface area contributed by atoms with E-state index in [0.717, 1.165) is 19.2 Å². The van der Waals surface area contributed by atoms with Gasteiger partial charge in [-0.1, -0.05) is 6.92 Å². The lowest BCUT2D eigenvalue weighted by Crippen LogP contribution is -2.39. The van der Waals surface area contributed by atoms with Crippen LogP contribution in [0.15, 0.2) is 67.0 Å². The number of alkyl halides is 3. The van der Waals surface area contributed by atoms with Crippen LogP contribution in [-0.4, -0.2) is 65.2 Å². The molecule has 0 bridgehead atoms. The zero-order valence-corrected chi connectivity index (χ0v) is 24.4. The molecule has 2 aromatic carbocycles. The van der Waals surface area contributed by atoms with E-state index in [2.05, 4.69) is 30.5 Å². The SMILES string of the molecule is CCc1nccc(-c2cccnc2Oc2ccc(NC(=O)c3ccc(NCCN4CCOCC4)c(C(F)(F)F)c3)cc2C)n1. The highest BCUT2D eigenvalue weighted by atomic mass is 19.4. The van der Waals surface area contributed by atoms with E-state index in [1.165, 1.54) is 12.1 Å². The van der Waals surface area contributed by atoms with Gasteiger partial charge in [-0.05, 0) is 67.1 Å². The second-order valence-electron chi connectivity index (χ2n) is 10.2. The molecular formula is C32H33F3N6O3. The van der Waals surface area contributed by atoms with E-state index in [0.29, 0.717) is 72.7 Å². The van der Waals surface area contributed by atoms with E-state index in [1.54, 1.807) is 49.6 Å². The topological polar surface area (TPSA) is 102 Å². The molecule has 1 amide bonds. The molecule has 0 spiro atoms. The fourth-order valence-corrected chi connectivity index (χ4v) is 4.78. The Labute approximate surface area is 253 Å². The number of ether oxygens (including phenoxy) is 2. The molecule has 12 heteroatoms. The van der Waals surface area contributed by atoms with Crippen LogP contribution < -0.4 is 15.4 Å². The standard InChI is InChI=1S/C32H33F3N6O3/c1-3-29-37-12-10-26(40-29)24-5-4-11-38-31(24)44-28-9-7-23(19-21(28)2)39-30(42)22-6-8-27(25(20-22)32(33,34)35)36-13-14-41-15-17-43-18-16-41/h4-12,19-20,36H,3,13-18H2,1-2H3,(H,39,42). The smallest absolute Gasteiger partial charge is 0.418 e. The van der Waals surface area contributed by atoms with Crippen molar-refractivity contribution in [2.45, 2.75) is 26.4 Å². The number of morpholine rings is 1. The number of benzene rings is 2. The molecule has 3 heterocycles. The number of hydrogen-bond donors (Lipinski definition) is 2. The Kier molecular flexibility index (Phi) is 9.71. The summed E-state index contributed by atoms with van der Waals surface area (Å²) < 4.78 is 53.2. The van der Waals surface area contributed by atoms with Crippen LogP contribution in [0.2, 0.25) is 0 Å². The van der Waals surface area contributed by atoms with Gasteiger partial charge in [0.25, 0.3) is 5.91 Å². The molecule has 2 N–H and O–H groups in total. The highest BCUT2D eigenvalue weighted by Crippen LogP contribution is 2.36. The van der Waals surface area contributed by atoms with E-state index in [1.807, 2.05) is 13.0 Å². The first-order valence-corrected chi connectivity index (χ1v) is 14.3. The van der Waals surface area contributed by atoms with Crippen molar-refractivity contribution in [2.24, 2.45) is 0 Å². The van der Waals surface area contributed by atoms with Gasteiger partial charge in [0.05, 0.1) is 30.0 Å². The lowest BCUT2D eigenvalue weighted by molar-refractivity contribution is -0.137. The summed E-state index contributed by atoms with van der Waals surface area (Å²) in [6, 6.07) is 14.0. The summed E-state index contributed by atoms with van der Waals surface area (Å²) in [5.41, 5.74) is 1.40. The molecule has 44 heavy (non-hydrogen) atoms. The number of pyridine rings is 1. The minimum Gasteiger partial charge on any atom is -0.438 e. The Morgan fingerprint density at radius 2 is 1.86 bits per heavy atom. The maximum absolute atomic E-state index is 13.9. The molecule has 1 saturated heterocycles. The van der Waals surface area contributed by atoms with E-state index in [9.17, 15) is 18.0 Å². The number of anilines is 2. The van der Waals surface area contributed by atoms with Gasteiger partial charge in [0.1, 0.15) is 11.6 Å². The predicted octanol–water partition coefficient (Wildman–Crippen LogP) is 6.22. The van der Waals surface area contributed by atoms with Gasteiger partial charge >= 0.3 is 6.18 Å². The van der Waals surface area contributed by atoms with Crippen molar-refractivity contribution in [2.75, 3.05) is 50.0 Å². The number of carbonyl (C=O) groups is 1. The van der Waals surface area contributed by atoms with Gasteiger partial charge in [-0.25, -0.2) is 15.0 Å². The van der Waals surface area contributed by atoms with Gasteiger partial charge in [-0.3, -0.25) is 9.69 Å². The number of hydrogen-bond acceptors (Lipinski definition) is 8. The van der Waals surface area contributed by atoms with Crippen molar-refractivity contribution >= 4 is 17.3 Å².